The molecule has 0 radical (unpaired) electrons. The Kier molecular flexibility index (Phi) is 5.84. The van der Waals surface area contributed by atoms with Gasteiger partial charge in [0.2, 0.25) is 0 Å². The van der Waals surface area contributed by atoms with E-state index in [-0.39, 0.29) is 12.1 Å². The Hall–Kier alpha value is -1.75. The van der Waals surface area contributed by atoms with Crippen molar-refractivity contribution in [3.8, 4) is 0 Å². The van der Waals surface area contributed by atoms with Crippen LogP contribution in [0.4, 0.5) is 16.2 Å². The van der Waals surface area contributed by atoms with E-state index in [1.165, 1.54) is 12.1 Å². The van der Waals surface area contributed by atoms with E-state index in [2.05, 4.69) is 53.5 Å². The zero-order valence-electron chi connectivity index (χ0n) is 15.8. The number of nitrogens with zero attached hydrogens (tertiary/aromatic N) is 2. The van der Waals surface area contributed by atoms with Crippen molar-refractivity contribution >= 4 is 17.4 Å². The van der Waals surface area contributed by atoms with Gasteiger partial charge in [0.1, 0.15) is 0 Å². The van der Waals surface area contributed by atoms with Crippen molar-refractivity contribution in [1.29, 1.82) is 0 Å². The molecule has 25 heavy (non-hydrogen) atoms. The summed E-state index contributed by atoms with van der Waals surface area (Å²) in [6.07, 6.45) is 3.57. The molecule has 2 atom stereocenters. The van der Waals surface area contributed by atoms with Crippen LogP contribution in [0.3, 0.4) is 0 Å². The maximum atomic E-state index is 12.3. The number of rotatable bonds is 4. The third-order valence-corrected chi connectivity index (χ3v) is 5.74. The summed E-state index contributed by atoms with van der Waals surface area (Å²) in [4.78, 5) is 17.0. The van der Waals surface area contributed by atoms with Crippen LogP contribution in [0, 0.1) is 11.8 Å². The van der Waals surface area contributed by atoms with Crippen LogP contribution in [0.1, 0.15) is 33.1 Å². The lowest BCUT2D eigenvalue weighted by molar-refractivity contribution is 0.189. The molecule has 2 aliphatic heterocycles. The van der Waals surface area contributed by atoms with Crippen LogP contribution in [-0.4, -0.2) is 50.2 Å². The Morgan fingerprint density at radius 3 is 2.40 bits per heavy atom. The monoisotopic (exact) mass is 344 g/mol. The Morgan fingerprint density at radius 1 is 1.12 bits per heavy atom. The molecule has 2 fully saturated rings. The van der Waals surface area contributed by atoms with Crippen LogP contribution in [0.2, 0.25) is 0 Å². The molecule has 2 heterocycles. The number of likely N-dealkylation sites (tertiary alicyclic amines) is 1. The second kappa shape index (κ2) is 8.09. The normalized spacial score (nSPS) is 23.5. The molecular weight excluding hydrogens is 312 g/mol. The number of urea groups is 1. The number of hydrogen-bond acceptors (Lipinski definition) is 3. The summed E-state index contributed by atoms with van der Waals surface area (Å²) >= 11 is 0. The highest BCUT2D eigenvalue weighted by Crippen LogP contribution is 2.25. The predicted molar refractivity (Wildman–Crippen MR) is 104 cm³/mol. The van der Waals surface area contributed by atoms with Crippen LogP contribution in [0.5, 0.6) is 0 Å². The lowest BCUT2D eigenvalue weighted by Crippen LogP contribution is -2.44. The Balaban J connectivity index is 1.47. The summed E-state index contributed by atoms with van der Waals surface area (Å²) in [7, 11) is 2.16. The number of benzene rings is 1. The van der Waals surface area contributed by atoms with E-state index >= 15 is 0 Å². The minimum atomic E-state index is -0.103. The van der Waals surface area contributed by atoms with Crippen molar-refractivity contribution < 1.29 is 4.79 Å². The van der Waals surface area contributed by atoms with E-state index in [0.717, 1.165) is 50.6 Å². The highest BCUT2D eigenvalue weighted by molar-refractivity contribution is 5.89. The van der Waals surface area contributed by atoms with Gasteiger partial charge in [-0.2, -0.15) is 0 Å². The van der Waals surface area contributed by atoms with Crippen molar-refractivity contribution in [2.45, 2.75) is 39.2 Å². The average Bonchev–Trinajstić information content (AvgIpc) is 3.02. The van der Waals surface area contributed by atoms with Crippen molar-refractivity contribution in [3.05, 3.63) is 24.3 Å². The van der Waals surface area contributed by atoms with Gasteiger partial charge >= 0.3 is 6.03 Å². The van der Waals surface area contributed by atoms with Crippen LogP contribution in [-0.2, 0) is 0 Å². The second-order valence-electron chi connectivity index (χ2n) is 7.91. The number of carbonyl (C=O) groups is 1. The molecule has 1 aromatic rings. The zero-order chi connectivity index (χ0) is 17.8. The first-order valence-corrected chi connectivity index (χ1v) is 9.62. The summed E-state index contributed by atoms with van der Waals surface area (Å²) in [6.45, 7) is 8.91. The lowest BCUT2D eigenvalue weighted by atomic mass is 9.91. The average molecular weight is 345 g/mol. The first-order valence-electron chi connectivity index (χ1n) is 9.62. The molecule has 2 amide bonds. The number of piperidine rings is 1. The summed E-state index contributed by atoms with van der Waals surface area (Å²) in [6, 6.07) is 8.31. The van der Waals surface area contributed by atoms with E-state index < -0.39 is 0 Å². The summed E-state index contributed by atoms with van der Waals surface area (Å²) < 4.78 is 0. The van der Waals surface area contributed by atoms with Gasteiger partial charge in [-0.1, -0.05) is 6.92 Å². The first kappa shape index (κ1) is 18.1. The molecule has 2 saturated heterocycles. The molecule has 3 rings (SSSR count). The number of carbonyl (C=O) groups excluding carboxylic acids is 1. The van der Waals surface area contributed by atoms with Crippen LogP contribution >= 0.6 is 0 Å². The Morgan fingerprint density at radius 2 is 1.80 bits per heavy atom. The largest absolute Gasteiger partial charge is 0.371 e. The van der Waals surface area contributed by atoms with E-state index in [4.69, 9.17) is 0 Å². The van der Waals surface area contributed by atoms with Crippen LogP contribution in [0.15, 0.2) is 24.3 Å². The van der Waals surface area contributed by atoms with E-state index in [0.29, 0.717) is 5.92 Å². The van der Waals surface area contributed by atoms with Crippen molar-refractivity contribution in [1.82, 2.24) is 10.2 Å². The zero-order valence-corrected chi connectivity index (χ0v) is 15.8. The van der Waals surface area contributed by atoms with Crippen molar-refractivity contribution in [2.75, 3.05) is 43.4 Å². The van der Waals surface area contributed by atoms with Gasteiger partial charge < -0.3 is 20.4 Å². The molecule has 0 aliphatic carbocycles. The number of amides is 2. The molecule has 1 aromatic carbocycles. The van der Waals surface area contributed by atoms with Gasteiger partial charge in [0.25, 0.3) is 0 Å². The molecule has 0 aromatic heterocycles. The Labute approximate surface area is 151 Å². The first-order chi connectivity index (χ1) is 12.0. The molecular formula is C20H32N4O. The minimum Gasteiger partial charge on any atom is -0.371 e. The molecule has 0 saturated carbocycles. The van der Waals surface area contributed by atoms with Gasteiger partial charge in [0.05, 0.1) is 0 Å². The van der Waals surface area contributed by atoms with E-state index in [1.807, 2.05) is 12.1 Å². The summed E-state index contributed by atoms with van der Waals surface area (Å²) in [5.41, 5.74) is 2.10. The smallest absolute Gasteiger partial charge is 0.319 e. The fraction of sp³-hybridized carbons (Fsp3) is 0.650. The molecule has 0 spiro atoms. The van der Waals surface area contributed by atoms with Crippen molar-refractivity contribution in [3.63, 3.8) is 0 Å². The molecule has 5 heteroatoms. The molecule has 0 unspecified atom stereocenters. The van der Waals surface area contributed by atoms with Gasteiger partial charge in [0, 0.05) is 30.5 Å². The third-order valence-electron chi connectivity index (χ3n) is 5.74. The highest BCUT2D eigenvalue weighted by atomic mass is 16.2. The molecule has 138 valence electrons. The minimum absolute atomic E-state index is 0.103. The maximum Gasteiger partial charge on any atom is 0.319 e. The van der Waals surface area contributed by atoms with E-state index in [1.54, 1.807) is 0 Å². The SMILES string of the molecule is C[C@H]1CCN(c2ccc(NC(=O)N[C@@H](C)C3CCN(C)CC3)cc2)C1. The quantitative estimate of drug-likeness (QED) is 0.880. The standard InChI is InChI=1S/C20H32N4O/c1-15-8-13-24(14-15)19-6-4-18(5-7-19)22-20(25)21-16(2)17-9-11-23(3)12-10-17/h4-7,15-17H,8-14H2,1-3H3,(H2,21,22,25)/t15-,16-/m0/s1. The van der Waals surface area contributed by atoms with Crippen LogP contribution in [0.25, 0.3) is 0 Å². The molecule has 5 nitrogen and oxygen atoms in total. The molecule has 2 N–H and O–H groups in total. The fourth-order valence-corrected chi connectivity index (χ4v) is 3.95. The highest BCUT2D eigenvalue weighted by Gasteiger charge is 2.23. The number of nitrogens with one attached hydrogen (secondary N) is 2. The van der Waals surface area contributed by atoms with E-state index in [9.17, 15) is 4.79 Å². The predicted octanol–water partition coefficient (Wildman–Crippen LogP) is 3.38. The second-order valence-corrected chi connectivity index (χ2v) is 7.91. The molecule has 0 bridgehead atoms. The van der Waals surface area contributed by atoms with Gasteiger partial charge in [0.15, 0.2) is 0 Å². The summed E-state index contributed by atoms with van der Waals surface area (Å²) in [5.74, 6) is 1.34. The summed E-state index contributed by atoms with van der Waals surface area (Å²) in [5, 5.41) is 6.08. The van der Waals surface area contributed by atoms with Gasteiger partial charge in [-0.25, -0.2) is 4.79 Å². The number of anilines is 2. The lowest BCUT2D eigenvalue weighted by Gasteiger charge is -2.33. The Bertz CT molecular complexity index is 566. The van der Waals surface area contributed by atoms with Gasteiger partial charge in [-0.05, 0) is 82.4 Å². The number of hydrogen-bond donors (Lipinski definition) is 2. The van der Waals surface area contributed by atoms with Gasteiger partial charge in [-0.15, -0.1) is 0 Å². The molecule has 2 aliphatic rings. The van der Waals surface area contributed by atoms with Crippen molar-refractivity contribution in [2.24, 2.45) is 11.8 Å². The topological polar surface area (TPSA) is 47.6 Å². The van der Waals surface area contributed by atoms with Crippen LogP contribution < -0.4 is 15.5 Å². The maximum absolute atomic E-state index is 12.3. The fourth-order valence-electron chi connectivity index (χ4n) is 3.95. The third kappa shape index (κ3) is 4.88. The van der Waals surface area contributed by atoms with Gasteiger partial charge in [-0.3, -0.25) is 0 Å².